The highest BCUT2D eigenvalue weighted by atomic mass is 35.5. The van der Waals surface area contributed by atoms with E-state index >= 15 is 0 Å². The number of amides is 1. The van der Waals surface area contributed by atoms with Crippen LogP contribution in [0, 0.1) is 5.92 Å². The minimum absolute atomic E-state index is 0.132. The number of nitrogens with zero attached hydrogens (tertiary/aromatic N) is 1. The number of carbonyl (C=O) groups excluding carboxylic acids is 1. The number of carboxylic acids is 1. The van der Waals surface area contributed by atoms with E-state index in [4.69, 9.17) is 28.3 Å². The summed E-state index contributed by atoms with van der Waals surface area (Å²) >= 11 is 12.0. The summed E-state index contributed by atoms with van der Waals surface area (Å²) < 4.78 is 0. The lowest BCUT2D eigenvalue weighted by molar-refractivity contribution is -0.143. The first kappa shape index (κ1) is 15.1. The first-order valence-corrected chi connectivity index (χ1v) is 7.15. The quantitative estimate of drug-likeness (QED) is 0.910. The highest BCUT2D eigenvalue weighted by Gasteiger charge is 2.33. The number of aliphatic carboxylic acids is 1. The van der Waals surface area contributed by atoms with E-state index in [2.05, 4.69) is 0 Å². The van der Waals surface area contributed by atoms with Gasteiger partial charge in [-0.05, 0) is 31.9 Å². The minimum Gasteiger partial charge on any atom is -0.481 e. The van der Waals surface area contributed by atoms with Crippen molar-refractivity contribution < 1.29 is 14.7 Å². The van der Waals surface area contributed by atoms with Gasteiger partial charge in [-0.15, -0.1) is 0 Å². The largest absolute Gasteiger partial charge is 0.481 e. The predicted molar refractivity (Wildman–Crippen MR) is 77.3 cm³/mol. The van der Waals surface area contributed by atoms with E-state index in [-0.39, 0.29) is 22.9 Å². The van der Waals surface area contributed by atoms with Crippen molar-refractivity contribution in [2.75, 3.05) is 6.54 Å². The molecule has 1 aromatic rings. The molecule has 1 aliphatic heterocycles. The number of likely N-dealkylation sites (tertiary alicyclic amines) is 1. The molecule has 1 amide bonds. The average molecular weight is 316 g/mol. The van der Waals surface area contributed by atoms with E-state index in [1.165, 1.54) is 0 Å². The highest BCUT2D eigenvalue weighted by Crippen LogP contribution is 2.29. The van der Waals surface area contributed by atoms with E-state index in [9.17, 15) is 9.59 Å². The van der Waals surface area contributed by atoms with Gasteiger partial charge in [0.2, 0.25) is 0 Å². The summed E-state index contributed by atoms with van der Waals surface area (Å²) in [5, 5.41) is 9.62. The van der Waals surface area contributed by atoms with Crippen molar-refractivity contribution in [3.05, 3.63) is 33.8 Å². The maximum Gasteiger partial charge on any atom is 0.306 e. The summed E-state index contributed by atoms with van der Waals surface area (Å²) in [6, 6.07) is 4.80. The van der Waals surface area contributed by atoms with Crippen LogP contribution in [-0.4, -0.2) is 34.5 Å². The van der Waals surface area contributed by atoms with Crippen LogP contribution in [0.2, 0.25) is 10.0 Å². The topological polar surface area (TPSA) is 57.6 Å². The summed E-state index contributed by atoms with van der Waals surface area (Å²) in [5.74, 6) is -1.39. The SMILES string of the molecule is CC1CC(C(=O)O)CCN1C(=O)c1cccc(Cl)c1Cl. The van der Waals surface area contributed by atoms with Crippen LogP contribution in [0.15, 0.2) is 18.2 Å². The van der Waals surface area contributed by atoms with Crippen LogP contribution in [0.25, 0.3) is 0 Å². The van der Waals surface area contributed by atoms with E-state index < -0.39 is 5.97 Å². The van der Waals surface area contributed by atoms with Gasteiger partial charge < -0.3 is 10.0 Å². The van der Waals surface area contributed by atoms with Gasteiger partial charge in [-0.25, -0.2) is 0 Å². The molecule has 1 fully saturated rings. The molecule has 0 radical (unpaired) electrons. The second-order valence-corrected chi connectivity index (χ2v) is 5.79. The highest BCUT2D eigenvalue weighted by molar-refractivity contribution is 6.43. The number of piperidine rings is 1. The zero-order chi connectivity index (χ0) is 14.9. The number of carboxylic acid groups (broad SMARTS) is 1. The van der Waals surface area contributed by atoms with Gasteiger partial charge in [0.1, 0.15) is 0 Å². The molecule has 2 rings (SSSR count). The normalized spacial score (nSPS) is 22.6. The molecule has 1 heterocycles. The van der Waals surface area contributed by atoms with E-state index in [1.807, 2.05) is 6.92 Å². The van der Waals surface area contributed by atoms with Crippen molar-refractivity contribution in [3.8, 4) is 0 Å². The maximum absolute atomic E-state index is 12.5. The number of hydrogen-bond donors (Lipinski definition) is 1. The Labute approximate surface area is 127 Å². The number of rotatable bonds is 2. The second-order valence-electron chi connectivity index (χ2n) is 5.01. The van der Waals surface area contributed by atoms with E-state index in [1.54, 1.807) is 23.1 Å². The molecule has 20 heavy (non-hydrogen) atoms. The van der Waals surface area contributed by atoms with Crippen LogP contribution in [0.1, 0.15) is 30.1 Å². The van der Waals surface area contributed by atoms with Gasteiger partial charge in [-0.2, -0.15) is 0 Å². The van der Waals surface area contributed by atoms with Crippen molar-refractivity contribution in [3.63, 3.8) is 0 Å². The van der Waals surface area contributed by atoms with Crippen LogP contribution in [-0.2, 0) is 4.79 Å². The molecule has 1 N–H and O–H groups in total. The maximum atomic E-state index is 12.5. The van der Waals surface area contributed by atoms with Gasteiger partial charge in [-0.1, -0.05) is 29.3 Å². The molecule has 0 bridgehead atoms. The molecule has 0 aromatic heterocycles. The summed E-state index contributed by atoms with van der Waals surface area (Å²) in [4.78, 5) is 25.2. The molecule has 1 saturated heterocycles. The molecule has 4 nitrogen and oxygen atoms in total. The van der Waals surface area contributed by atoms with Gasteiger partial charge >= 0.3 is 5.97 Å². The van der Waals surface area contributed by atoms with Crippen molar-refractivity contribution >= 4 is 35.1 Å². The van der Waals surface area contributed by atoms with Crippen LogP contribution in [0.5, 0.6) is 0 Å². The Bertz CT molecular complexity index is 547. The van der Waals surface area contributed by atoms with Crippen LogP contribution in [0.3, 0.4) is 0 Å². The van der Waals surface area contributed by atoms with Crippen LogP contribution < -0.4 is 0 Å². The summed E-state index contributed by atoms with van der Waals surface area (Å²) in [5.41, 5.74) is 0.361. The van der Waals surface area contributed by atoms with Gasteiger partial charge in [-0.3, -0.25) is 9.59 Å². The molecule has 0 saturated carbocycles. The Morgan fingerprint density at radius 1 is 1.35 bits per heavy atom. The molecule has 0 aliphatic carbocycles. The summed E-state index contributed by atoms with van der Waals surface area (Å²) in [7, 11) is 0. The standard InChI is InChI=1S/C14H15Cl2NO3/c1-8-7-9(14(19)20)5-6-17(8)13(18)10-3-2-4-11(15)12(10)16/h2-4,8-9H,5-7H2,1H3,(H,19,20). The lowest BCUT2D eigenvalue weighted by atomic mass is 9.91. The number of benzene rings is 1. The number of halogens is 2. The zero-order valence-electron chi connectivity index (χ0n) is 11.0. The van der Waals surface area contributed by atoms with Crippen molar-refractivity contribution in [2.45, 2.75) is 25.8 Å². The molecule has 0 spiro atoms. The van der Waals surface area contributed by atoms with Gasteiger partial charge in [0.15, 0.2) is 0 Å². The third-order valence-electron chi connectivity index (χ3n) is 3.67. The van der Waals surface area contributed by atoms with Gasteiger partial charge in [0, 0.05) is 12.6 Å². The Hall–Kier alpha value is -1.26. The van der Waals surface area contributed by atoms with Crippen LogP contribution >= 0.6 is 23.2 Å². The molecule has 1 aliphatic rings. The average Bonchev–Trinajstić information content (AvgIpc) is 2.41. The Morgan fingerprint density at radius 2 is 2.05 bits per heavy atom. The van der Waals surface area contributed by atoms with Crippen molar-refractivity contribution in [2.24, 2.45) is 5.92 Å². The zero-order valence-corrected chi connectivity index (χ0v) is 12.5. The first-order chi connectivity index (χ1) is 9.41. The smallest absolute Gasteiger partial charge is 0.306 e. The van der Waals surface area contributed by atoms with E-state index in [0.717, 1.165) is 0 Å². The van der Waals surface area contributed by atoms with Gasteiger partial charge in [0.05, 0.1) is 21.5 Å². The second kappa shape index (κ2) is 6.02. The fraction of sp³-hybridized carbons (Fsp3) is 0.429. The van der Waals surface area contributed by atoms with Crippen molar-refractivity contribution in [1.29, 1.82) is 0 Å². The molecular formula is C14H15Cl2NO3. The molecule has 108 valence electrons. The predicted octanol–water partition coefficient (Wildman–Crippen LogP) is 3.32. The fourth-order valence-corrected chi connectivity index (χ4v) is 2.90. The molecule has 2 unspecified atom stereocenters. The molecule has 1 aromatic carbocycles. The molecular weight excluding hydrogens is 301 g/mol. The van der Waals surface area contributed by atoms with Gasteiger partial charge in [0.25, 0.3) is 5.91 Å². The summed E-state index contributed by atoms with van der Waals surface area (Å²) in [6.07, 6.45) is 0.920. The fourth-order valence-electron chi connectivity index (χ4n) is 2.52. The third kappa shape index (κ3) is 2.91. The minimum atomic E-state index is -0.801. The Kier molecular flexibility index (Phi) is 4.55. The van der Waals surface area contributed by atoms with Crippen LogP contribution in [0.4, 0.5) is 0 Å². The number of carbonyl (C=O) groups is 2. The third-order valence-corrected chi connectivity index (χ3v) is 4.49. The summed E-state index contributed by atoms with van der Waals surface area (Å²) in [6.45, 7) is 2.27. The van der Waals surface area contributed by atoms with Crippen molar-refractivity contribution in [1.82, 2.24) is 4.90 Å². The number of hydrogen-bond acceptors (Lipinski definition) is 2. The first-order valence-electron chi connectivity index (χ1n) is 6.39. The molecule has 6 heteroatoms. The lowest BCUT2D eigenvalue weighted by Crippen LogP contribution is -2.46. The molecule has 2 atom stereocenters. The lowest BCUT2D eigenvalue weighted by Gasteiger charge is -2.36. The van der Waals surface area contributed by atoms with E-state index in [0.29, 0.717) is 30.0 Å². The Morgan fingerprint density at radius 3 is 2.65 bits per heavy atom. The Balaban J connectivity index is 2.18. The monoisotopic (exact) mass is 315 g/mol.